The summed E-state index contributed by atoms with van der Waals surface area (Å²) >= 11 is 0. The molecular formula is C11H17NO3S. The first-order valence-electron chi connectivity index (χ1n) is 4.93. The van der Waals surface area contributed by atoms with Crippen molar-refractivity contribution in [3.05, 3.63) is 30.1 Å². The number of pyridine rings is 1. The Labute approximate surface area is 96.6 Å². The zero-order chi connectivity index (χ0) is 12.4. The molecule has 5 heteroatoms. The number of rotatable bonds is 4. The number of sulfone groups is 1. The molecule has 0 aliphatic carbocycles. The molecule has 1 unspecified atom stereocenters. The summed E-state index contributed by atoms with van der Waals surface area (Å²) in [5.41, 5.74) is 0.764. The molecule has 0 aromatic carbocycles. The van der Waals surface area contributed by atoms with Gasteiger partial charge < -0.3 is 4.74 Å². The van der Waals surface area contributed by atoms with E-state index in [9.17, 15) is 8.42 Å². The first-order chi connectivity index (χ1) is 7.30. The molecule has 0 aliphatic heterocycles. The van der Waals surface area contributed by atoms with Crippen molar-refractivity contribution < 1.29 is 13.2 Å². The van der Waals surface area contributed by atoms with E-state index in [-0.39, 0.29) is 0 Å². The fourth-order valence-corrected chi connectivity index (χ4v) is 2.17. The summed E-state index contributed by atoms with van der Waals surface area (Å²) < 4.78 is 27.8. The van der Waals surface area contributed by atoms with Crippen LogP contribution in [0.2, 0.25) is 0 Å². The lowest BCUT2D eigenvalue weighted by Gasteiger charge is -2.31. The summed E-state index contributed by atoms with van der Waals surface area (Å²) in [4.78, 5) is 3.97. The average Bonchev–Trinajstić information content (AvgIpc) is 2.18. The van der Waals surface area contributed by atoms with Crippen molar-refractivity contribution in [2.75, 3.05) is 13.4 Å². The van der Waals surface area contributed by atoms with Crippen molar-refractivity contribution in [3.8, 4) is 0 Å². The quantitative estimate of drug-likeness (QED) is 0.806. The molecule has 4 nitrogen and oxygen atoms in total. The highest BCUT2D eigenvalue weighted by atomic mass is 32.2. The zero-order valence-corrected chi connectivity index (χ0v) is 10.8. The highest BCUT2D eigenvalue weighted by molar-refractivity contribution is 7.92. The third kappa shape index (κ3) is 2.41. The van der Waals surface area contributed by atoms with Crippen LogP contribution in [0.15, 0.2) is 24.5 Å². The minimum absolute atomic E-state index is 0.517. The topological polar surface area (TPSA) is 56.3 Å². The van der Waals surface area contributed by atoms with Gasteiger partial charge in [0.2, 0.25) is 0 Å². The Bertz CT molecular complexity index is 440. The summed E-state index contributed by atoms with van der Waals surface area (Å²) in [5.74, 6) is 0. The van der Waals surface area contributed by atoms with Gasteiger partial charge in [0.1, 0.15) is 6.10 Å². The molecule has 0 fully saturated rings. The Hall–Kier alpha value is -0.940. The van der Waals surface area contributed by atoms with Gasteiger partial charge in [0.25, 0.3) is 0 Å². The van der Waals surface area contributed by atoms with Gasteiger partial charge in [-0.2, -0.15) is 0 Å². The minimum atomic E-state index is -3.21. The van der Waals surface area contributed by atoms with Gasteiger partial charge in [0.05, 0.1) is 4.75 Å². The summed E-state index contributed by atoms with van der Waals surface area (Å²) in [6, 6.07) is 3.58. The third-order valence-electron chi connectivity index (χ3n) is 2.81. The number of methoxy groups -OCH3 is 1. The number of hydrogen-bond acceptors (Lipinski definition) is 4. The second-order valence-corrected chi connectivity index (χ2v) is 6.87. The molecule has 1 rings (SSSR count). The molecule has 90 valence electrons. The van der Waals surface area contributed by atoms with Gasteiger partial charge in [-0.1, -0.05) is 6.07 Å². The predicted octanol–water partition coefficient (Wildman–Crippen LogP) is 1.59. The molecule has 0 aliphatic rings. The summed E-state index contributed by atoms with van der Waals surface area (Å²) in [7, 11) is -1.71. The Balaban J connectivity index is 3.19. The maximum Gasteiger partial charge on any atom is 0.155 e. The highest BCUT2D eigenvalue weighted by Crippen LogP contribution is 2.34. The van der Waals surface area contributed by atoms with E-state index in [4.69, 9.17) is 4.74 Å². The van der Waals surface area contributed by atoms with Crippen LogP contribution in [0.3, 0.4) is 0 Å². The smallest absolute Gasteiger partial charge is 0.155 e. The van der Waals surface area contributed by atoms with E-state index >= 15 is 0 Å². The Kier molecular flexibility index (Phi) is 3.70. The van der Waals surface area contributed by atoms with Crippen LogP contribution in [-0.2, 0) is 14.6 Å². The van der Waals surface area contributed by atoms with E-state index in [1.807, 2.05) is 6.07 Å². The first-order valence-corrected chi connectivity index (χ1v) is 6.82. The van der Waals surface area contributed by atoms with E-state index in [0.717, 1.165) is 5.56 Å². The number of hydrogen-bond donors (Lipinski definition) is 0. The normalized spacial score (nSPS) is 14.8. The van der Waals surface area contributed by atoms with E-state index in [1.54, 1.807) is 32.3 Å². The van der Waals surface area contributed by atoms with Crippen molar-refractivity contribution in [1.82, 2.24) is 4.98 Å². The van der Waals surface area contributed by atoms with E-state index < -0.39 is 20.7 Å². The SMILES string of the molecule is COC(c1cccnc1)C(C)(C)S(C)(=O)=O. The van der Waals surface area contributed by atoms with Gasteiger partial charge >= 0.3 is 0 Å². The van der Waals surface area contributed by atoms with Gasteiger partial charge in [-0.05, 0) is 19.9 Å². The Morgan fingerprint density at radius 2 is 2.06 bits per heavy atom. The number of nitrogens with zero attached hydrogens (tertiary/aromatic N) is 1. The van der Waals surface area contributed by atoms with E-state index in [1.165, 1.54) is 13.4 Å². The standard InChI is InChI=1S/C11H17NO3S/c1-11(2,16(4,13)14)10(15-3)9-6-5-7-12-8-9/h5-8,10H,1-4H3. The van der Waals surface area contributed by atoms with Gasteiger partial charge in [-0.15, -0.1) is 0 Å². The monoisotopic (exact) mass is 243 g/mol. The van der Waals surface area contributed by atoms with Gasteiger partial charge in [-0.3, -0.25) is 4.98 Å². The van der Waals surface area contributed by atoms with Crippen LogP contribution in [0.1, 0.15) is 25.5 Å². The fraction of sp³-hybridized carbons (Fsp3) is 0.545. The molecule has 0 bridgehead atoms. The largest absolute Gasteiger partial charge is 0.375 e. The third-order valence-corrected chi connectivity index (χ3v) is 4.94. The summed E-state index contributed by atoms with van der Waals surface area (Å²) in [6.07, 6.45) is 3.97. The molecule has 0 spiro atoms. The predicted molar refractivity (Wildman–Crippen MR) is 62.9 cm³/mol. The van der Waals surface area contributed by atoms with Crippen LogP contribution in [0.4, 0.5) is 0 Å². The number of ether oxygens (including phenoxy) is 1. The highest BCUT2D eigenvalue weighted by Gasteiger charge is 2.40. The molecule has 0 amide bonds. The Morgan fingerprint density at radius 1 is 1.44 bits per heavy atom. The maximum atomic E-state index is 11.7. The van der Waals surface area contributed by atoms with Crippen molar-refractivity contribution in [3.63, 3.8) is 0 Å². The van der Waals surface area contributed by atoms with Crippen LogP contribution in [-0.4, -0.2) is 31.5 Å². The molecule has 1 aromatic rings. The summed E-state index contributed by atoms with van der Waals surface area (Å²) in [6.45, 7) is 3.31. The lowest BCUT2D eigenvalue weighted by atomic mass is 9.99. The molecule has 16 heavy (non-hydrogen) atoms. The molecule has 1 heterocycles. The van der Waals surface area contributed by atoms with Crippen LogP contribution in [0.25, 0.3) is 0 Å². The van der Waals surface area contributed by atoms with Crippen LogP contribution >= 0.6 is 0 Å². The van der Waals surface area contributed by atoms with Gasteiger partial charge in [0.15, 0.2) is 9.84 Å². The van der Waals surface area contributed by atoms with Crippen molar-refractivity contribution >= 4 is 9.84 Å². The maximum absolute atomic E-state index is 11.7. The minimum Gasteiger partial charge on any atom is -0.375 e. The second-order valence-electron chi connectivity index (χ2n) is 4.28. The molecule has 0 saturated heterocycles. The zero-order valence-electron chi connectivity index (χ0n) is 9.97. The first kappa shape index (κ1) is 13.1. The molecule has 1 aromatic heterocycles. The fourth-order valence-electron chi connectivity index (χ4n) is 1.55. The molecule has 0 N–H and O–H groups in total. The van der Waals surface area contributed by atoms with Crippen LogP contribution in [0.5, 0.6) is 0 Å². The molecule has 0 radical (unpaired) electrons. The number of aromatic nitrogens is 1. The van der Waals surface area contributed by atoms with Gasteiger partial charge in [0, 0.05) is 31.3 Å². The van der Waals surface area contributed by atoms with Crippen molar-refractivity contribution in [1.29, 1.82) is 0 Å². The van der Waals surface area contributed by atoms with Crippen molar-refractivity contribution in [2.45, 2.75) is 24.7 Å². The van der Waals surface area contributed by atoms with Crippen LogP contribution < -0.4 is 0 Å². The second kappa shape index (κ2) is 4.51. The van der Waals surface area contributed by atoms with Crippen molar-refractivity contribution in [2.24, 2.45) is 0 Å². The summed E-state index contributed by atoms with van der Waals surface area (Å²) in [5, 5.41) is 0. The molecule has 0 saturated carbocycles. The molecular weight excluding hydrogens is 226 g/mol. The van der Waals surface area contributed by atoms with E-state index in [2.05, 4.69) is 4.98 Å². The lowest BCUT2D eigenvalue weighted by Crippen LogP contribution is -2.38. The van der Waals surface area contributed by atoms with E-state index in [0.29, 0.717) is 0 Å². The van der Waals surface area contributed by atoms with Gasteiger partial charge in [-0.25, -0.2) is 8.42 Å². The average molecular weight is 243 g/mol. The Morgan fingerprint density at radius 3 is 2.44 bits per heavy atom. The van der Waals surface area contributed by atoms with Crippen LogP contribution in [0, 0.1) is 0 Å². The molecule has 1 atom stereocenters. The lowest BCUT2D eigenvalue weighted by molar-refractivity contribution is 0.0747.